The van der Waals surface area contributed by atoms with E-state index in [0.717, 1.165) is 0 Å². The molecule has 0 saturated carbocycles. The Morgan fingerprint density at radius 3 is 1.92 bits per heavy atom. The van der Waals surface area contributed by atoms with E-state index in [2.05, 4.69) is 0 Å². The van der Waals surface area contributed by atoms with E-state index in [-0.39, 0.29) is 47.3 Å². The van der Waals surface area contributed by atoms with E-state index in [9.17, 15) is 4.79 Å². The molecule has 0 N–H and O–H groups in total. The molecule has 0 fully saturated rings. The summed E-state index contributed by atoms with van der Waals surface area (Å²) < 4.78 is 10.8. The van der Waals surface area contributed by atoms with Gasteiger partial charge in [0.2, 0.25) is 0 Å². The molecular weight excluding hydrogens is 398 g/mol. The topological polar surface area (TPSA) is 42.0 Å². The van der Waals surface area contributed by atoms with Crippen LogP contribution in [0.3, 0.4) is 0 Å². The summed E-state index contributed by atoms with van der Waals surface area (Å²) in [5.74, 6) is -0.314. The standard InChI is InChI=1S/C15H22Cl2N2O3.2ClH/c1-18(2)8-10(9-19(3)4)22-15(20)13-11(16)6-7-12(17)14(13)21-5;;/h6-7,10H,8-9H2,1-5H3;2*1H. The second-order valence-corrected chi connectivity index (χ2v) is 6.30. The molecule has 0 heterocycles. The quantitative estimate of drug-likeness (QED) is 0.630. The van der Waals surface area contributed by atoms with Gasteiger partial charge in [-0.2, -0.15) is 0 Å². The number of hydrogen-bond acceptors (Lipinski definition) is 5. The third kappa shape index (κ3) is 7.64. The number of carbonyl (C=O) groups is 1. The lowest BCUT2D eigenvalue weighted by Gasteiger charge is -2.24. The summed E-state index contributed by atoms with van der Waals surface area (Å²) in [6, 6.07) is 3.13. The Labute approximate surface area is 166 Å². The first-order valence-electron chi connectivity index (χ1n) is 6.78. The number of rotatable bonds is 7. The Hall–Kier alpha value is -0.430. The van der Waals surface area contributed by atoms with Gasteiger partial charge in [0.25, 0.3) is 0 Å². The minimum Gasteiger partial charge on any atom is -0.494 e. The summed E-state index contributed by atoms with van der Waals surface area (Å²) in [5.41, 5.74) is 0.152. The summed E-state index contributed by atoms with van der Waals surface area (Å²) in [4.78, 5) is 16.4. The second kappa shape index (κ2) is 12.0. The normalized spacial score (nSPS) is 10.4. The lowest BCUT2D eigenvalue weighted by molar-refractivity contribution is 0.0174. The van der Waals surface area contributed by atoms with Gasteiger partial charge < -0.3 is 19.3 Å². The molecule has 0 unspecified atom stereocenters. The van der Waals surface area contributed by atoms with Gasteiger partial charge in [0.1, 0.15) is 11.7 Å². The van der Waals surface area contributed by atoms with Crippen molar-refractivity contribution >= 4 is 54.0 Å². The highest BCUT2D eigenvalue weighted by Gasteiger charge is 2.24. The first-order chi connectivity index (χ1) is 10.3. The maximum Gasteiger partial charge on any atom is 0.343 e. The Balaban J connectivity index is 0. The summed E-state index contributed by atoms with van der Waals surface area (Å²) in [5, 5.41) is 0.565. The number of esters is 1. The summed E-state index contributed by atoms with van der Waals surface area (Å²) in [6.45, 7) is 1.20. The molecule has 24 heavy (non-hydrogen) atoms. The highest BCUT2D eigenvalue weighted by atomic mass is 35.5. The Kier molecular flexibility index (Phi) is 12.9. The maximum absolute atomic E-state index is 12.5. The zero-order valence-corrected chi connectivity index (χ0v) is 17.5. The van der Waals surface area contributed by atoms with E-state index in [0.29, 0.717) is 18.1 Å². The average Bonchev–Trinajstić information content (AvgIpc) is 2.39. The summed E-state index contributed by atoms with van der Waals surface area (Å²) in [7, 11) is 9.12. The van der Waals surface area contributed by atoms with Crippen molar-refractivity contribution in [3.63, 3.8) is 0 Å². The molecule has 5 nitrogen and oxygen atoms in total. The maximum atomic E-state index is 12.5. The first kappa shape index (κ1) is 25.8. The third-order valence-corrected chi connectivity index (χ3v) is 3.49. The summed E-state index contributed by atoms with van der Waals surface area (Å²) >= 11 is 12.2. The molecule has 0 atom stereocenters. The van der Waals surface area contributed by atoms with Crippen LogP contribution in [0.5, 0.6) is 5.75 Å². The minimum atomic E-state index is -0.543. The number of likely N-dealkylation sites (N-methyl/N-ethyl adjacent to an activating group) is 2. The molecule has 0 aliphatic rings. The van der Waals surface area contributed by atoms with Crippen LogP contribution in [0.25, 0.3) is 0 Å². The highest BCUT2D eigenvalue weighted by molar-refractivity contribution is 6.37. The lowest BCUT2D eigenvalue weighted by atomic mass is 10.2. The van der Waals surface area contributed by atoms with Crippen LogP contribution in [0, 0.1) is 0 Å². The zero-order chi connectivity index (χ0) is 16.9. The number of carbonyl (C=O) groups excluding carboxylic acids is 1. The molecular formula is C15H24Cl4N2O3. The SMILES string of the molecule is COc1c(Cl)ccc(Cl)c1C(=O)OC(CN(C)C)CN(C)C.Cl.Cl. The Bertz CT molecular complexity index is 518. The van der Waals surface area contributed by atoms with Crippen molar-refractivity contribution < 1.29 is 14.3 Å². The molecule has 1 aromatic carbocycles. The van der Waals surface area contributed by atoms with Crippen LogP contribution in [-0.2, 0) is 4.74 Å². The lowest BCUT2D eigenvalue weighted by Crippen LogP contribution is -2.38. The zero-order valence-electron chi connectivity index (χ0n) is 14.3. The average molecular weight is 422 g/mol. The van der Waals surface area contributed by atoms with Crippen LogP contribution in [-0.4, -0.2) is 70.3 Å². The van der Waals surface area contributed by atoms with Crippen LogP contribution in [0.1, 0.15) is 10.4 Å². The molecule has 0 amide bonds. The van der Waals surface area contributed by atoms with Gasteiger partial charge in [-0.25, -0.2) is 4.79 Å². The fourth-order valence-electron chi connectivity index (χ4n) is 2.08. The van der Waals surface area contributed by atoms with E-state index >= 15 is 0 Å². The predicted molar refractivity (Wildman–Crippen MR) is 104 cm³/mol. The molecule has 0 bridgehead atoms. The van der Waals surface area contributed by atoms with Crippen molar-refractivity contribution in [3.8, 4) is 5.75 Å². The number of nitrogens with zero attached hydrogens (tertiary/aromatic N) is 2. The van der Waals surface area contributed by atoms with E-state index in [4.69, 9.17) is 32.7 Å². The van der Waals surface area contributed by atoms with Gasteiger partial charge in [0, 0.05) is 13.1 Å². The van der Waals surface area contributed by atoms with Crippen LogP contribution in [0.2, 0.25) is 10.0 Å². The highest BCUT2D eigenvalue weighted by Crippen LogP contribution is 2.34. The molecule has 1 rings (SSSR count). The number of methoxy groups -OCH3 is 1. The number of hydrogen-bond donors (Lipinski definition) is 0. The van der Waals surface area contributed by atoms with Gasteiger partial charge in [-0.3, -0.25) is 0 Å². The van der Waals surface area contributed by atoms with Crippen LogP contribution in [0.4, 0.5) is 0 Å². The van der Waals surface area contributed by atoms with Crippen LogP contribution < -0.4 is 4.74 Å². The van der Waals surface area contributed by atoms with Crippen LogP contribution >= 0.6 is 48.0 Å². The van der Waals surface area contributed by atoms with Crippen molar-refractivity contribution in [1.82, 2.24) is 9.80 Å². The van der Waals surface area contributed by atoms with Gasteiger partial charge in [-0.05, 0) is 40.3 Å². The molecule has 140 valence electrons. The second-order valence-electron chi connectivity index (χ2n) is 5.49. The van der Waals surface area contributed by atoms with Crippen molar-refractivity contribution in [1.29, 1.82) is 0 Å². The largest absolute Gasteiger partial charge is 0.494 e. The molecule has 9 heteroatoms. The molecule has 0 radical (unpaired) electrons. The monoisotopic (exact) mass is 420 g/mol. The summed E-state index contributed by atoms with van der Waals surface area (Å²) in [6.07, 6.45) is -0.294. The number of ether oxygens (including phenoxy) is 2. The van der Waals surface area contributed by atoms with Crippen molar-refractivity contribution in [2.75, 3.05) is 48.4 Å². The molecule has 0 saturated heterocycles. The van der Waals surface area contributed by atoms with Crippen molar-refractivity contribution in [2.45, 2.75) is 6.10 Å². The minimum absolute atomic E-state index is 0. The van der Waals surface area contributed by atoms with Crippen LogP contribution in [0.15, 0.2) is 12.1 Å². The fourth-order valence-corrected chi connectivity index (χ4v) is 2.54. The van der Waals surface area contributed by atoms with Crippen molar-refractivity contribution in [3.05, 3.63) is 27.7 Å². The van der Waals surface area contributed by atoms with Crippen molar-refractivity contribution in [2.24, 2.45) is 0 Å². The molecule has 0 aliphatic carbocycles. The number of halogens is 4. The van der Waals surface area contributed by atoms with E-state index in [1.807, 2.05) is 38.0 Å². The fraction of sp³-hybridized carbons (Fsp3) is 0.533. The van der Waals surface area contributed by atoms with Gasteiger partial charge in [-0.1, -0.05) is 23.2 Å². The molecule has 0 aromatic heterocycles. The molecule has 0 spiro atoms. The number of benzene rings is 1. The van der Waals surface area contributed by atoms with Gasteiger partial charge in [-0.15, -0.1) is 24.8 Å². The third-order valence-electron chi connectivity index (χ3n) is 2.88. The van der Waals surface area contributed by atoms with Gasteiger partial charge >= 0.3 is 5.97 Å². The van der Waals surface area contributed by atoms with Gasteiger partial charge in [0.15, 0.2) is 5.75 Å². The first-order valence-corrected chi connectivity index (χ1v) is 7.54. The van der Waals surface area contributed by atoms with Gasteiger partial charge in [0.05, 0.1) is 17.2 Å². The smallest absolute Gasteiger partial charge is 0.343 e. The van der Waals surface area contributed by atoms with E-state index in [1.54, 1.807) is 12.1 Å². The Morgan fingerprint density at radius 2 is 1.50 bits per heavy atom. The van der Waals surface area contributed by atoms with E-state index < -0.39 is 5.97 Å². The van der Waals surface area contributed by atoms with E-state index in [1.165, 1.54) is 7.11 Å². The predicted octanol–water partition coefficient (Wildman–Crippen LogP) is 3.49. The molecule has 0 aliphatic heterocycles. The molecule has 1 aromatic rings. The Morgan fingerprint density at radius 1 is 1.04 bits per heavy atom.